The Balaban J connectivity index is 2.17. The Morgan fingerprint density at radius 1 is 1.44 bits per heavy atom. The fourth-order valence-corrected chi connectivity index (χ4v) is 3.45. The standard InChI is InChI=1S/C11H15ClN2O3S/c12-9-3-2-8(13)6-10(9)18(16,17)14-7-11(15)4-1-5-11/h2-3,6,14-15H,1,4-5,7,13H2. The summed E-state index contributed by atoms with van der Waals surface area (Å²) in [5.74, 6) is 0. The molecular formula is C11H15ClN2O3S. The van der Waals surface area contributed by atoms with E-state index in [-0.39, 0.29) is 16.5 Å². The molecule has 4 N–H and O–H groups in total. The van der Waals surface area contributed by atoms with Gasteiger partial charge in [-0.15, -0.1) is 0 Å². The lowest BCUT2D eigenvalue weighted by Gasteiger charge is -2.36. The lowest BCUT2D eigenvalue weighted by atomic mass is 9.81. The van der Waals surface area contributed by atoms with Crippen LogP contribution in [-0.2, 0) is 10.0 Å². The lowest BCUT2D eigenvalue weighted by molar-refractivity contribution is -0.0270. The number of rotatable bonds is 4. The zero-order valence-electron chi connectivity index (χ0n) is 9.69. The van der Waals surface area contributed by atoms with Crippen molar-refractivity contribution >= 4 is 27.3 Å². The molecule has 1 aromatic rings. The molecule has 1 aliphatic rings. The predicted octanol–water partition coefficient (Wildman–Crippen LogP) is 1.12. The molecule has 0 heterocycles. The first kappa shape index (κ1) is 13.6. The monoisotopic (exact) mass is 290 g/mol. The summed E-state index contributed by atoms with van der Waals surface area (Å²) in [5.41, 5.74) is 4.95. The number of hydrogen-bond donors (Lipinski definition) is 3. The molecule has 0 aliphatic heterocycles. The normalized spacial score (nSPS) is 18.3. The number of halogens is 1. The summed E-state index contributed by atoms with van der Waals surface area (Å²) in [6, 6.07) is 4.26. The molecule has 0 radical (unpaired) electrons. The Bertz CT molecular complexity index is 555. The minimum Gasteiger partial charge on any atom is -0.399 e. The Hall–Kier alpha value is -0.820. The summed E-state index contributed by atoms with van der Waals surface area (Å²) in [7, 11) is -3.74. The Morgan fingerprint density at radius 2 is 2.11 bits per heavy atom. The van der Waals surface area contributed by atoms with Crippen molar-refractivity contribution in [2.75, 3.05) is 12.3 Å². The molecule has 100 valence electrons. The van der Waals surface area contributed by atoms with Gasteiger partial charge in [-0.3, -0.25) is 0 Å². The third-order valence-electron chi connectivity index (χ3n) is 3.12. The molecule has 0 amide bonds. The number of benzene rings is 1. The fraction of sp³-hybridized carbons (Fsp3) is 0.455. The average molecular weight is 291 g/mol. The van der Waals surface area contributed by atoms with Crippen LogP contribution in [0, 0.1) is 0 Å². The minimum absolute atomic E-state index is 0.000458. The summed E-state index contributed by atoms with van der Waals surface area (Å²) >= 11 is 5.84. The van der Waals surface area contributed by atoms with E-state index in [4.69, 9.17) is 17.3 Å². The molecule has 1 aliphatic carbocycles. The first-order chi connectivity index (χ1) is 8.32. The Morgan fingerprint density at radius 3 is 2.67 bits per heavy atom. The summed E-state index contributed by atoms with van der Waals surface area (Å²) in [6.07, 6.45) is 2.14. The summed E-state index contributed by atoms with van der Waals surface area (Å²) < 4.78 is 26.4. The first-order valence-corrected chi connectivity index (χ1v) is 7.46. The van der Waals surface area contributed by atoms with E-state index in [9.17, 15) is 13.5 Å². The zero-order chi connectivity index (χ0) is 13.4. The predicted molar refractivity (Wildman–Crippen MR) is 69.9 cm³/mol. The second kappa shape index (κ2) is 4.70. The van der Waals surface area contributed by atoms with Crippen molar-refractivity contribution in [3.05, 3.63) is 23.2 Å². The molecule has 0 aromatic heterocycles. The van der Waals surface area contributed by atoms with Gasteiger partial charge in [-0.2, -0.15) is 0 Å². The molecule has 18 heavy (non-hydrogen) atoms. The van der Waals surface area contributed by atoms with E-state index < -0.39 is 15.6 Å². The number of nitrogens with one attached hydrogen (secondary N) is 1. The van der Waals surface area contributed by atoms with Gasteiger partial charge in [-0.25, -0.2) is 13.1 Å². The highest BCUT2D eigenvalue weighted by Crippen LogP contribution is 2.31. The van der Waals surface area contributed by atoms with Gasteiger partial charge < -0.3 is 10.8 Å². The van der Waals surface area contributed by atoms with E-state index in [1.807, 2.05) is 0 Å². The molecule has 1 fully saturated rings. The van der Waals surface area contributed by atoms with Gasteiger partial charge >= 0.3 is 0 Å². The van der Waals surface area contributed by atoms with Crippen LogP contribution in [-0.4, -0.2) is 25.7 Å². The van der Waals surface area contributed by atoms with Crippen molar-refractivity contribution in [3.8, 4) is 0 Å². The SMILES string of the molecule is Nc1ccc(Cl)c(S(=O)(=O)NCC2(O)CCC2)c1. The van der Waals surface area contributed by atoms with Crippen molar-refractivity contribution in [2.45, 2.75) is 29.8 Å². The first-order valence-electron chi connectivity index (χ1n) is 5.60. The molecule has 0 unspecified atom stereocenters. The van der Waals surface area contributed by atoms with Crippen LogP contribution >= 0.6 is 11.6 Å². The van der Waals surface area contributed by atoms with E-state index in [0.29, 0.717) is 18.5 Å². The third-order valence-corrected chi connectivity index (χ3v) is 5.00. The minimum atomic E-state index is -3.74. The lowest BCUT2D eigenvalue weighted by Crippen LogP contribution is -2.47. The second-order valence-electron chi connectivity index (χ2n) is 4.59. The van der Waals surface area contributed by atoms with Crippen LogP contribution in [0.5, 0.6) is 0 Å². The molecule has 0 saturated heterocycles. The van der Waals surface area contributed by atoms with Crippen LogP contribution in [0.4, 0.5) is 5.69 Å². The van der Waals surface area contributed by atoms with Gasteiger partial charge in [0.1, 0.15) is 4.90 Å². The highest BCUT2D eigenvalue weighted by Gasteiger charge is 2.35. The van der Waals surface area contributed by atoms with Gasteiger partial charge in [0.15, 0.2) is 0 Å². The van der Waals surface area contributed by atoms with Gasteiger partial charge in [-0.05, 0) is 37.5 Å². The molecule has 0 spiro atoms. The van der Waals surface area contributed by atoms with Crippen molar-refractivity contribution in [1.29, 1.82) is 0 Å². The summed E-state index contributed by atoms with van der Waals surface area (Å²) in [6.45, 7) is 0.000458. The summed E-state index contributed by atoms with van der Waals surface area (Å²) in [4.78, 5) is -0.0629. The topological polar surface area (TPSA) is 92.4 Å². The van der Waals surface area contributed by atoms with Gasteiger partial charge in [0.2, 0.25) is 10.0 Å². The molecule has 0 atom stereocenters. The van der Waals surface area contributed by atoms with Crippen molar-refractivity contribution in [1.82, 2.24) is 4.72 Å². The number of anilines is 1. The molecule has 7 heteroatoms. The zero-order valence-corrected chi connectivity index (χ0v) is 11.3. The van der Waals surface area contributed by atoms with Crippen molar-refractivity contribution < 1.29 is 13.5 Å². The molecule has 0 bridgehead atoms. The largest absolute Gasteiger partial charge is 0.399 e. The van der Waals surface area contributed by atoms with Crippen LogP contribution in [0.15, 0.2) is 23.1 Å². The van der Waals surface area contributed by atoms with E-state index in [2.05, 4.69) is 4.72 Å². The highest BCUT2D eigenvalue weighted by atomic mass is 35.5. The Labute approximate surface area is 111 Å². The maximum atomic E-state index is 12.0. The molecule has 1 saturated carbocycles. The second-order valence-corrected chi connectivity index (χ2v) is 6.73. The van der Waals surface area contributed by atoms with Gasteiger partial charge in [0.05, 0.1) is 10.6 Å². The van der Waals surface area contributed by atoms with Crippen LogP contribution in [0.2, 0.25) is 5.02 Å². The van der Waals surface area contributed by atoms with E-state index in [1.165, 1.54) is 18.2 Å². The van der Waals surface area contributed by atoms with E-state index in [0.717, 1.165) is 6.42 Å². The number of aliphatic hydroxyl groups is 1. The Kier molecular flexibility index (Phi) is 3.55. The highest BCUT2D eigenvalue weighted by molar-refractivity contribution is 7.89. The maximum Gasteiger partial charge on any atom is 0.242 e. The maximum absolute atomic E-state index is 12.0. The smallest absolute Gasteiger partial charge is 0.242 e. The van der Waals surface area contributed by atoms with Crippen molar-refractivity contribution in [2.24, 2.45) is 0 Å². The number of sulfonamides is 1. The summed E-state index contributed by atoms with van der Waals surface area (Å²) in [5, 5.41) is 9.97. The number of hydrogen-bond acceptors (Lipinski definition) is 4. The molecule has 5 nitrogen and oxygen atoms in total. The van der Waals surface area contributed by atoms with Crippen LogP contribution in [0.25, 0.3) is 0 Å². The van der Waals surface area contributed by atoms with Gasteiger partial charge in [0.25, 0.3) is 0 Å². The van der Waals surface area contributed by atoms with Crippen LogP contribution in [0.1, 0.15) is 19.3 Å². The van der Waals surface area contributed by atoms with Crippen LogP contribution < -0.4 is 10.5 Å². The van der Waals surface area contributed by atoms with E-state index >= 15 is 0 Å². The van der Waals surface area contributed by atoms with E-state index in [1.54, 1.807) is 0 Å². The van der Waals surface area contributed by atoms with Gasteiger partial charge in [0, 0.05) is 12.2 Å². The molecule has 1 aromatic carbocycles. The quantitative estimate of drug-likeness (QED) is 0.725. The van der Waals surface area contributed by atoms with Crippen LogP contribution in [0.3, 0.4) is 0 Å². The third kappa shape index (κ3) is 2.77. The fourth-order valence-electron chi connectivity index (χ4n) is 1.79. The molecular weight excluding hydrogens is 276 g/mol. The van der Waals surface area contributed by atoms with Gasteiger partial charge in [-0.1, -0.05) is 11.6 Å². The average Bonchev–Trinajstić information content (AvgIpc) is 2.27. The molecule has 2 rings (SSSR count). The number of nitrogens with two attached hydrogens (primary N) is 1. The van der Waals surface area contributed by atoms with Crippen molar-refractivity contribution in [3.63, 3.8) is 0 Å². The number of nitrogen functional groups attached to an aromatic ring is 1.